The normalized spacial score (nSPS) is 11.5. The highest BCUT2D eigenvalue weighted by Crippen LogP contribution is 2.22. The molecule has 0 bridgehead atoms. The lowest BCUT2D eigenvalue weighted by Crippen LogP contribution is -2.12. The van der Waals surface area contributed by atoms with Crippen LogP contribution in [0.4, 0.5) is 5.69 Å². The molecule has 2 aromatic carbocycles. The molecule has 138 valence electrons. The van der Waals surface area contributed by atoms with Crippen LogP contribution in [0.3, 0.4) is 0 Å². The van der Waals surface area contributed by atoms with Crippen LogP contribution in [0.2, 0.25) is 0 Å². The number of anilines is 1. The highest BCUT2D eigenvalue weighted by molar-refractivity contribution is 7.99. The smallest absolute Gasteiger partial charge is 0.330 e. The minimum Gasteiger partial charge on any atom is -0.463 e. The fourth-order valence-corrected chi connectivity index (χ4v) is 3.80. The summed E-state index contributed by atoms with van der Waals surface area (Å²) in [5, 5.41) is 0. The molecule has 26 heavy (non-hydrogen) atoms. The third kappa shape index (κ3) is 6.24. The van der Waals surface area contributed by atoms with Gasteiger partial charge >= 0.3 is 5.97 Å². The van der Waals surface area contributed by atoms with Gasteiger partial charge in [-0.25, -0.2) is 13.2 Å². The number of ether oxygens (including phenoxy) is 1. The summed E-state index contributed by atoms with van der Waals surface area (Å²) in [6, 6.07) is 13.8. The van der Waals surface area contributed by atoms with Gasteiger partial charge in [-0.3, -0.25) is 4.72 Å². The first-order valence-corrected chi connectivity index (χ1v) is 10.5. The molecule has 0 amide bonds. The van der Waals surface area contributed by atoms with E-state index in [4.69, 9.17) is 4.74 Å². The Bertz CT molecular complexity index is 857. The molecule has 0 saturated heterocycles. The molecular formula is C19H21NO4S2. The molecule has 1 N–H and O–H groups in total. The van der Waals surface area contributed by atoms with Gasteiger partial charge in [-0.1, -0.05) is 23.8 Å². The van der Waals surface area contributed by atoms with Gasteiger partial charge < -0.3 is 4.74 Å². The van der Waals surface area contributed by atoms with E-state index in [1.54, 1.807) is 49.4 Å². The van der Waals surface area contributed by atoms with Gasteiger partial charge in [0, 0.05) is 22.4 Å². The molecule has 7 heteroatoms. The van der Waals surface area contributed by atoms with Crippen molar-refractivity contribution in [1.29, 1.82) is 0 Å². The highest BCUT2D eigenvalue weighted by Gasteiger charge is 2.13. The molecule has 0 aliphatic heterocycles. The quantitative estimate of drug-likeness (QED) is 0.418. The molecule has 0 atom stereocenters. The second-order valence-corrected chi connectivity index (χ2v) is 8.18. The Morgan fingerprint density at radius 1 is 1.12 bits per heavy atom. The monoisotopic (exact) mass is 391 g/mol. The average Bonchev–Trinajstić information content (AvgIpc) is 2.60. The maximum absolute atomic E-state index is 12.4. The van der Waals surface area contributed by atoms with E-state index in [2.05, 4.69) is 4.72 Å². The highest BCUT2D eigenvalue weighted by atomic mass is 32.2. The molecule has 0 aromatic heterocycles. The second-order valence-electron chi connectivity index (χ2n) is 5.41. The summed E-state index contributed by atoms with van der Waals surface area (Å²) in [5.74, 6) is 0.265. The van der Waals surface area contributed by atoms with Crippen LogP contribution in [0.1, 0.15) is 12.5 Å². The van der Waals surface area contributed by atoms with E-state index in [0.29, 0.717) is 18.0 Å². The largest absolute Gasteiger partial charge is 0.463 e. The standard InChI is InChI=1S/C19H21NO4S2/c1-3-24-19(21)5-4-14-25-17-10-8-16(9-11-17)20-26(22,23)18-12-6-15(2)7-13-18/h4-13,20H,3,14H2,1-2H3/b5-4+. The predicted octanol–water partition coefficient (Wildman–Crippen LogP) is 4.01. The van der Waals surface area contributed by atoms with E-state index in [1.807, 2.05) is 19.1 Å². The number of aryl methyl sites for hydroxylation is 1. The molecule has 0 aliphatic rings. The van der Waals surface area contributed by atoms with Gasteiger partial charge in [-0.15, -0.1) is 11.8 Å². The number of carbonyl (C=O) groups excluding carboxylic acids is 1. The number of sulfonamides is 1. The fourth-order valence-electron chi connectivity index (χ4n) is 2.03. The van der Waals surface area contributed by atoms with E-state index in [0.717, 1.165) is 10.5 Å². The maximum Gasteiger partial charge on any atom is 0.330 e. The molecule has 0 spiro atoms. The molecule has 0 unspecified atom stereocenters. The second kappa shape index (κ2) is 9.45. The van der Waals surface area contributed by atoms with Crippen LogP contribution in [0, 0.1) is 6.92 Å². The average molecular weight is 392 g/mol. The first-order valence-electron chi connectivity index (χ1n) is 8.06. The zero-order chi connectivity index (χ0) is 19.0. The van der Waals surface area contributed by atoms with Gasteiger partial charge in [0.25, 0.3) is 10.0 Å². The fraction of sp³-hybridized carbons (Fsp3) is 0.211. The molecule has 5 nitrogen and oxygen atoms in total. The Hall–Kier alpha value is -2.25. The molecule has 0 heterocycles. The number of benzene rings is 2. The van der Waals surface area contributed by atoms with Crippen molar-refractivity contribution in [1.82, 2.24) is 0 Å². The van der Waals surface area contributed by atoms with Gasteiger partial charge in [-0.2, -0.15) is 0 Å². The van der Waals surface area contributed by atoms with Crippen molar-refractivity contribution in [2.24, 2.45) is 0 Å². The minimum absolute atomic E-state index is 0.227. The molecule has 2 aromatic rings. The number of hydrogen-bond donors (Lipinski definition) is 1. The molecule has 0 aliphatic carbocycles. The lowest BCUT2D eigenvalue weighted by atomic mass is 10.2. The van der Waals surface area contributed by atoms with E-state index >= 15 is 0 Å². The SMILES string of the molecule is CCOC(=O)/C=C/CSc1ccc(NS(=O)(=O)c2ccc(C)cc2)cc1. The van der Waals surface area contributed by atoms with E-state index < -0.39 is 10.0 Å². The summed E-state index contributed by atoms with van der Waals surface area (Å²) in [6.45, 7) is 4.02. The van der Waals surface area contributed by atoms with Gasteiger partial charge in [-0.05, 0) is 50.2 Å². The zero-order valence-electron chi connectivity index (χ0n) is 14.6. The zero-order valence-corrected chi connectivity index (χ0v) is 16.3. The first-order chi connectivity index (χ1) is 12.4. The van der Waals surface area contributed by atoms with Crippen LogP contribution >= 0.6 is 11.8 Å². The van der Waals surface area contributed by atoms with E-state index in [1.165, 1.54) is 17.8 Å². The summed E-state index contributed by atoms with van der Waals surface area (Å²) < 4.78 is 32.1. The molecular weight excluding hydrogens is 370 g/mol. The van der Waals surface area contributed by atoms with Crippen LogP contribution in [0.15, 0.2) is 70.5 Å². The van der Waals surface area contributed by atoms with Gasteiger partial charge in [0.1, 0.15) is 0 Å². The van der Waals surface area contributed by atoms with Crippen molar-refractivity contribution in [3.63, 3.8) is 0 Å². The number of thioether (sulfide) groups is 1. The van der Waals surface area contributed by atoms with Crippen molar-refractivity contribution in [3.8, 4) is 0 Å². The summed E-state index contributed by atoms with van der Waals surface area (Å²) >= 11 is 1.53. The lowest BCUT2D eigenvalue weighted by Gasteiger charge is -2.09. The van der Waals surface area contributed by atoms with Crippen molar-refractivity contribution < 1.29 is 17.9 Å². The minimum atomic E-state index is -3.60. The van der Waals surface area contributed by atoms with Crippen molar-refractivity contribution in [3.05, 3.63) is 66.2 Å². The summed E-state index contributed by atoms with van der Waals surface area (Å²) in [4.78, 5) is 12.4. The Labute approximate surface area is 158 Å². The van der Waals surface area contributed by atoms with Crippen LogP contribution in [0.25, 0.3) is 0 Å². The van der Waals surface area contributed by atoms with Crippen molar-refractivity contribution in [2.75, 3.05) is 17.1 Å². The molecule has 2 rings (SSSR count). The number of nitrogens with one attached hydrogen (secondary N) is 1. The Morgan fingerprint density at radius 3 is 2.38 bits per heavy atom. The Kier molecular flexibility index (Phi) is 7.29. The van der Waals surface area contributed by atoms with E-state index in [-0.39, 0.29) is 10.9 Å². The Morgan fingerprint density at radius 2 is 1.77 bits per heavy atom. The predicted molar refractivity (Wildman–Crippen MR) is 105 cm³/mol. The summed E-state index contributed by atoms with van der Waals surface area (Å²) in [6.07, 6.45) is 3.14. The van der Waals surface area contributed by atoms with Gasteiger partial charge in [0.15, 0.2) is 0 Å². The van der Waals surface area contributed by atoms with Crippen LogP contribution < -0.4 is 4.72 Å². The molecule has 0 radical (unpaired) electrons. The van der Waals surface area contributed by atoms with Crippen LogP contribution in [-0.4, -0.2) is 26.7 Å². The maximum atomic E-state index is 12.4. The lowest BCUT2D eigenvalue weighted by molar-refractivity contribution is -0.137. The summed E-state index contributed by atoms with van der Waals surface area (Å²) in [7, 11) is -3.60. The van der Waals surface area contributed by atoms with Crippen LogP contribution in [0.5, 0.6) is 0 Å². The molecule has 0 saturated carbocycles. The number of esters is 1. The van der Waals surface area contributed by atoms with Crippen LogP contribution in [-0.2, 0) is 19.6 Å². The number of rotatable bonds is 8. The molecule has 0 fully saturated rings. The van der Waals surface area contributed by atoms with Crippen molar-refractivity contribution in [2.45, 2.75) is 23.6 Å². The third-order valence-electron chi connectivity index (χ3n) is 3.32. The number of carbonyl (C=O) groups is 1. The van der Waals surface area contributed by atoms with Gasteiger partial charge in [0.2, 0.25) is 0 Å². The Balaban J connectivity index is 1.92. The topological polar surface area (TPSA) is 72.5 Å². The first kappa shape index (κ1) is 20.1. The summed E-state index contributed by atoms with van der Waals surface area (Å²) in [5.41, 5.74) is 1.50. The third-order valence-corrected chi connectivity index (χ3v) is 5.69. The van der Waals surface area contributed by atoms with Gasteiger partial charge in [0.05, 0.1) is 11.5 Å². The van der Waals surface area contributed by atoms with E-state index in [9.17, 15) is 13.2 Å². The number of hydrogen-bond acceptors (Lipinski definition) is 5. The van der Waals surface area contributed by atoms with Crippen molar-refractivity contribution >= 4 is 33.4 Å².